The molecule has 3 unspecified atom stereocenters. The molecule has 0 spiro atoms. The van der Waals surface area contributed by atoms with Crippen molar-refractivity contribution in [3.8, 4) is 0 Å². The molecule has 3 aliphatic rings. The summed E-state index contributed by atoms with van der Waals surface area (Å²) in [5, 5.41) is 7.20. The minimum absolute atomic E-state index is 0.0135. The Kier molecular flexibility index (Phi) is 7.28. The molecule has 3 fully saturated rings. The van der Waals surface area contributed by atoms with Gasteiger partial charge in [-0.15, -0.1) is 0 Å². The number of amides is 1. The highest BCUT2D eigenvalue weighted by molar-refractivity contribution is 5.85. The van der Waals surface area contributed by atoms with Gasteiger partial charge in [0.15, 0.2) is 17.6 Å². The van der Waals surface area contributed by atoms with E-state index in [0.29, 0.717) is 12.6 Å². The van der Waals surface area contributed by atoms with Crippen molar-refractivity contribution in [3.63, 3.8) is 0 Å². The van der Waals surface area contributed by atoms with Gasteiger partial charge in [-0.05, 0) is 61.6 Å². The summed E-state index contributed by atoms with van der Waals surface area (Å²) in [6, 6.07) is 4.84. The third kappa shape index (κ3) is 5.77. The van der Waals surface area contributed by atoms with Gasteiger partial charge in [-0.25, -0.2) is 13.8 Å². The number of likely N-dealkylation sites (tertiary alicyclic amines) is 1. The fourth-order valence-corrected chi connectivity index (χ4v) is 5.34. The molecule has 1 aliphatic heterocycles. The predicted molar refractivity (Wildman–Crippen MR) is 121 cm³/mol. The number of halogens is 2. The summed E-state index contributed by atoms with van der Waals surface area (Å²) in [6.07, 6.45) is 7.00. The molecule has 1 aromatic rings. The van der Waals surface area contributed by atoms with Crippen molar-refractivity contribution in [2.45, 2.75) is 57.2 Å². The molecule has 2 saturated carbocycles. The number of nitrogens with one attached hydrogen (secondary N) is 2. The molecule has 1 aromatic carbocycles. The first-order valence-corrected chi connectivity index (χ1v) is 11.8. The van der Waals surface area contributed by atoms with Crippen LogP contribution in [0.15, 0.2) is 23.2 Å². The molecule has 1 saturated heterocycles. The van der Waals surface area contributed by atoms with Crippen LogP contribution in [0.25, 0.3) is 0 Å². The summed E-state index contributed by atoms with van der Waals surface area (Å²) >= 11 is 0. The zero-order valence-electron chi connectivity index (χ0n) is 19.1. The van der Waals surface area contributed by atoms with E-state index in [1.807, 2.05) is 0 Å². The average molecular weight is 448 g/mol. The number of benzene rings is 1. The van der Waals surface area contributed by atoms with E-state index < -0.39 is 11.6 Å². The Bertz CT molecular complexity index is 838. The van der Waals surface area contributed by atoms with Gasteiger partial charge in [-0.2, -0.15) is 0 Å². The third-order valence-corrected chi connectivity index (χ3v) is 7.25. The summed E-state index contributed by atoms with van der Waals surface area (Å²) < 4.78 is 26.7. The average Bonchev–Trinajstić information content (AvgIpc) is 3.39. The molecule has 3 atom stereocenters. The van der Waals surface area contributed by atoms with Crippen LogP contribution in [-0.2, 0) is 11.3 Å². The van der Waals surface area contributed by atoms with Crippen LogP contribution < -0.4 is 10.6 Å². The number of aliphatic imine (C=N–C) groups is 1. The number of likely N-dealkylation sites (N-methyl/N-ethyl adjacent to an activating group) is 1. The molecule has 2 N–H and O–H groups in total. The number of piperidine rings is 1. The first kappa shape index (κ1) is 23.0. The van der Waals surface area contributed by atoms with Gasteiger partial charge in [0, 0.05) is 45.8 Å². The van der Waals surface area contributed by atoms with Crippen LogP contribution in [0.2, 0.25) is 0 Å². The van der Waals surface area contributed by atoms with Crippen LogP contribution in [0, 0.1) is 23.5 Å². The number of hydrogen-bond donors (Lipinski definition) is 2. The van der Waals surface area contributed by atoms with Gasteiger partial charge in [0.1, 0.15) is 6.54 Å². The zero-order valence-corrected chi connectivity index (χ0v) is 19.1. The lowest BCUT2D eigenvalue weighted by molar-refractivity contribution is -0.127. The lowest BCUT2D eigenvalue weighted by Crippen LogP contribution is -2.52. The minimum atomic E-state index is -0.806. The standard InChI is InChI=1S/C24H35F2N5O/c1-30(2)23(32)14-27-24(29-22-13-16-3-5-18(22)11-16)28-19-7-9-31(10-8-19)15-17-4-6-20(25)21(26)12-17/h4,6,12,16,18-19,22H,3,5,7-11,13-15H2,1-2H3,(H2,27,28,29). The molecule has 32 heavy (non-hydrogen) atoms. The molecular formula is C24H35F2N5O. The second-order valence-electron chi connectivity index (χ2n) is 9.82. The van der Waals surface area contributed by atoms with Crippen molar-refractivity contribution in [2.75, 3.05) is 33.7 Å². The van der Waals surface area contributed by atoms with E-state index in [0.717, 1.165) is 49.3 Å². The number of rotatable bonds is 6. The van der Waals surface area contributed by atoms with E-state index in [9.17, 15) is 13.6 Å². The van der Waals surface area contributed by atoms with Crippen molar-refractivity contribution in [1.82, 2.24) is 20.4 Å². The Balaban J connectivity index is 1.31. The highest BCUT2D eigenvalue weighted by Gasteiger charge is 2.40. The number of carbonyl (C=O) groups is 1. The summed E-state index contributed by atoms with van der Waals surface area (Å²) in [5.41, 5.74) is 0.790. The first-order valence-electron chi connectivity index (χ1n) is 11.8. The van der Waals surface area contributed by atoms with Crippen molar-refractivity contribution in [2.24, 2.45) is 16.8 Å². The van der Waals surface area contributed by atoms with E-state index in [-0.39, 0.29) is 18.5 Å². The third-order valence-electron chi connectivity index (χ3n) is 7.25. The lowest BCUT2D eigenvalue weighted by atomic mass is 9.95. The Morgan fingerprint density at radius 1 is 1.09 bits per heavy atom. The van der Waals surface area contributed by atoms with Crippen LogP contribution in [0.4, 0.5) is 8.78 Å². The van der Waals surface area contributed by atoms with Crippen molar-refractivity contribution in [1.29, 1.82) is 0 Å². The van der Waals surface area contributed by atoms with Crippen LogP contribution in [-0.4, -0.2) is 67.5 Å². The fraction of sp³-hybridized carbons (Fsp3) is 0.667. The fourth-order valence-electron chi connectivity index (χ4n) is 5.34. The molecule has 2 bridgehead atoms. The van der Waals surface area contributed by atoms with Crippen LogP contribution >= 0.6 is 0 Å². The second kappa shape index (κ2) is 10.1. The number of hydrogen-bond acceptors (Lipinski definition) is 3. The van der Waals surface area contributed by atoms with Crippen molar-refractivity contribution in [3.05, 3.63) is 35.4 Å². The molecule has 4 rings (SSSR count). The number of guanidine groups is 1. The molecular weight excluding hydrogens is 412 g/mol. The topological polar surface area (TPSA) is 60.0 Å². The largest absolute Gasteiger partial charge is 0.354 e. The van der Waals surface area contributed by atoms with E-state index in [2.05, 4.69) is 20.5 Å². The van der Waals surface area contributed by atoms with Gasteiger partial charge in [0.2, 0.25) is 5.91 Å². The maximum atomic E-state index is 13.5. The second-order valence-corrected chi connectivity index (χ2v) is 9.82. The maximum absolute atomic E-state index is 13.5. The molecule has 1 heterocycles. The lowest BCUT2D eigenvalue weighted by Gasteiger charge is -2.34. The first-order chi connectivity index (χ1) is 15.4. The smallest absolute Gasteiger partial charge is 0.243 e. The van der Waals surface area contributed by atoms with Gasteiger partial charge in [0.25, 0.3) is 0 Å². The molecule has 6 nitrogen and oxygen atoms in total. The molecule has 2 aliphatic carbocycles. The quantitative estimate of drug-likeness (QED) is 0.520. The Morgan fingerprint density at radius 2 is 1.88 bits per heavy atom. The number of carbonyl (C=O) groups excluding carboxylic acids is 1. The van der Waals surface area contributed by atoms with E-state index in [1.54, 1.807) is 25.1 Å². The summed E-state index contributed by atoms with van der Waals surface area (Å²) in [5.74, 6) is 0.687. The van der Waals surface area contributed by atoms with E-state index in [1.165, 1.54) is 37.8 Å². The molecule has 0 radical (unpaired) electrons. The van der Waals surface area contributed by atoms with Gasteiger partial charge in [0.05, 0.1) is 0 Å². The number of nitrogens with zero attached hydrogens (tertiary/aromatic N) is 3. The predicted octanol–water partition coefficient (Wildman–Crippen LogP) is 2.74. The monoisotopic (exact) mass is 447 g/mol. The zero-order chi connectivity index (χ0) is 22.7. The molecule has 1 amide bonds. The van der Waals surface area contributed by atoms with Crippen molar-refractivity contribution < 1.29 is 13.6 Å². The van der Waals surface area contributed by atoms with Crippen molar-refractivity contribution >= 4 is 11.9 Å². The van der Waals surface area contributed by atoms with E-state index in [4.69, 9.17) is 0 Å². The van der Waals surface area contributed by atoms with Gasteiger partial charge >= 0.3 is 0 Å². The Morgan fingerprint density at radius 3 is 2.50 bits per heavy atom. The molecule has 8 heteroatoms. The van der Waals surface area contributed by atoms with Crippen LogP contribution in [0.1, 0.15) is 44.1 Å². The molecule has 0 aromatic heterocycles. The maximum Gasteiger partial charge on any atom is 0.243 e. The SMILES string of the molecule is CN(C)C(=O)CN=C(NC1CCN(Cc2ccc(F)c(F)c2)CC1)NC1CC2CCC1C2. The van der Waals surface area contributed by atoms with Crippen LogP contribution in [0.3, 0.4) is 0 Å². The minimum Gasteiger partial charge on any atom is -0.354 e. The van der Waals surface area contributed by atoms with Crippen LogP contribution in [0.5, 0.6) is 0 Å². The van der Waals surface area contributed by atoms with E-state index >= 15 is 0 Å². The molecule has 176 valence electrons. The summed E-state index contributed by atoms with van der Waals surface area (Å²) in [7, 11) is 3.49. The Labute approximate surface area is 189 Å². The summed E-state index contributed by atoms with van der Waals surface area (Å²) in [6.45, 7) is 2.49. The normalized spacial score (nSPS) is 26.4. The van der Waals surface area contributed by atoms with Gasteiger partial charge in [-0.1, -0.05) is 12.5 Å². The number of fused-ring (bicyclic) bond motifs is 2. The van der Waals surface area contributed by atoms with Gasteiger partial charge < -0.3 is 15.5 Å². The highest BCUT2D eigenvalue weighted by Crippen LogP contribution is 2.44. The summed E-state index contributed by atoms with van der Waals surface area (Å²) in [4.78, 5) is 20.5. The Hall–Kier alpha value is -2.22. The van der Waals surface area contributed by atoms with Gasteiger partial charge in [-0.3, -0.25) is 9.69 Å². The highest BCUT2D eigenvalue weighted by atomic mass is 19.2.